The van der Waals surface area contributed by atoms with Crippen LogP contribution < -0.4 is 15.3 Å². The van der Waals surface area contributed by atoms with Crippen LogP contribution in [0.5, 0.6) is 11.5 Å². The average molecular weight is 491 g/mol. The van der Waals surface area contributed by atoms with Gasteiger partial charge in [-0.05, 0) is 48.9 Å². The number of ether oxygens (including phenoxy) is 2. The van der Waals surface area contributed by atoms with Crippen LogP contribution in [0.15, 0.2) is 71.9 Å². The van der Waals surface area contributed by atoms with Crippen LogP contribution in [0.4, 0.5) is 14.6 Å². The fraction of sp³-hybridized carbons (Fsp3) is 0.269. The summed E-state index contributed by atoms with van der Waals surface area (Å²) in [6, 6.07) is 14.2. The van der Waals surface area contributed by atoms with Crippen LogP contribution in [-0.2, 0) is 11.3 Å². The maximum Gasteiger partial charge on any atom is 0.350 e. The molecule has 1 spiro atoms. The molecule has 0 amide bonds. The van der Waals surface area contributed by atoms with E-state index in [0.717, 1.165) is 55.2 Å². The van der Waals surface area contributed by atoms with E-state index in [2.05, 4.69) is 15.0 Å². The molecule has 2 aromatic heterocycles. The van der Waals surface area contributed by atoms with E-state index >= 15 is 0 Å². The summed E-state index contributed by atoms with van der Waals surface area (Å²) < 4.78 is 41.7. The molecule has 36 heavy (non-hydrogen) atoms. The van der Waals surface area contributed by atoms with Gasteiger partial charge in [-0.3, -0.25) is 4.57 Å². The molecule has 0 N–H and O–H groups in total. The molecule has 4 heterocycles. The van der Waals surface area contributed by atoms with Crippen LogP contribution in [0, 0.1) is 17.0 Å². The molecule has 6 rings (SSSR count). The summed E-state index contributed by atoms with van der Waals surface area (Å²) in [4.78, 5) is 19.5. The van der Waals surface area contributed by atoms with Crippen molar-refractivity contribution in [2.24, 2.45) is 5.41 Å². The fourth-order valence-electron chi connectivity index (χ4n) is 4.66. The zero-order valence-electron chi connectivity index (χ0n) is 19.3. The Morgan fingerprint density at radius 1 is 1.03 bits per heavy atom. The Morgan fingerprint density at radius 3 is 2.50 bits per heavy atom. The van der Waals surface area contributed by atoms with Crippen molar-refractivity contribution in [3.05, 3.63) is 94.8 Å². The van der Waals surface area contributed by atoms with Crippen molar-refractivity contribution in [2.45, 2.75) is 13.0 Å². The first-order valence-electron chi connectivity index (χ1n) is 11.6. The minimum Gasteiger partial charge on any atom is -0.457 e. The molecule has 0 aliphatic carbocycles. The summed E-state index contributed by atoms with van der Waals surface area (Å²) in [6.45, 7) is 3.25. The van der Waals surface area contributed by atoms with Crippen molar-refractivity contribution in [2.75, 3.05) is 31.2 Å². The van der Waals surface area contributed by atoms with Crippen molar-refractivity contribution in [1.29, 1.82) is 0 Å². The van der Waals surface area contributed by atoms with Gasteiger partial charge in [0.2, 0.25) is 0 Å². The molecule has 0 radical (unpaired) electrons. The van der Waals surface area contributed by atoms with E-state index < -0.39 is 17.3 Å². The van der Waals surface area contributed by atoms with Gasteiger partial charge in [-0.1, -0.05) is 6.07 Å². The van der Waals surface area contributed by atoms with Crippen molar-refractivity contribution in [3.8, 4) is 17.2 Å². The first-order valence-corrected chi connectivity index (χ1v) is 11.6. The molecule has 8 nitrogen and oxygen atoms in total. The molecule has 2 aromatic carbocycles. The van der Waals surface area contributed by atoms with Gasteiger partial charge in [0, 0.05) is 36.3 Å². The minimum absolute atomic E-state index is 0.190. The summed E-state index contributed by atoms with van der Waals surface area (Å²) in [7, 11) is 0. The van der Waals surface area contributed by atoms with E-state index in [4.69, 9.17) is 9.47 Å². The highest BCUT2D eigenvalue weighted by Gasteiger charge is 2.44. The number of pyridine rings is 1. The number of rotatable bonds is 6. The Kier molecular flexibility index (Phi) is 5.52. The zero-order chi connectivity index (χ0) is 24.7. The standard InChI is InChI=1S/C26H23F2N5O3/c27-22-2-1-3-23(28)21(22)13-32-17-30-33(25(32)34)18-4-6-19(7-5-18)36-20-8-10-29-24(12-20)31-11-9-26(14-31)15-35-16-26/h1-8,10,12,17H,9,11,13-16H2. The zero-order valence-corrected chi connectivity index (χ0v) is 19.3. The summed E-state index contributed by atoms with van der Waals surface area (Å²) in [6.07, 6.45) is 4.09. The lowest BCUT2D eigenvalue weighted by Crippen LogP contribution is -2.44. The highest BCUT2D eigenvalue weighted by atomic mass is 19.1. The molecule has 0 atom stereocenters. The summed E-state index contributed by atoms with van der Waals surface area (Å²) >= 11 is 0. The van der Waals surface area contributed by atoms with E-state index in [1.807, 2.05) is 6.07 Å². The molecule has 0 saturated carbocycles. The number of hydrogen-bond donors (Lipinski definition) is 0. The van der Waals surface area contributed by atoms with Crippen LogP contribution in [0.2, 0.25) is 0 Å². The second kappa shape index (κ2) is 8.87. The van der Waals surface area contributed by atoms with Crippen LogP contribution in [0.3, 0.4) is 0 Å². The first kappa shape index (κ1) is 22.4. The fourth-order valence-corrected chi connectivity index (χ4v) is 4.66. The highest BCUT2D eigenvalue weighted by Crippen LogP contribution is 2.39. The number of nitrogens with zero attached hydrogens (tertiary/aromatic N) is 5. The lowest BCUT2D eigenvalue weighted by Gasteiger charge is -2.37. The van der Waals surface area contributed by atoms with Crippen molar-refractivity contribution < 1.29 is 18.3 Å². The van der Waals surface area contributed by atoms with Crippen LogP contribution in [0.25, 0.3) is 5.69 Å². The third-order valence-corrected chi connectivity index (χ3v) is 6.74. The first-order chi connectivity index (χ1) is 17.5. The molecule has 184 valence electrons. The molecule has 2 fully saturated rings. The molecular formula is C26H23F2N5O3. The maximum absolute atomic E-state index is 14.0. The topological polar surface area (TPSA) is 74.4 Å². The largest absolute Gasteiger partial charge is 0.457 e. The molecular weight excluding hydrogens is 468 g/mol. The molecule has 4 aromatic rings. The Labute approximate surface area is 205 Å². The average Bonchev–Trinajstić information content (AvgIpc) is 3.47. The molecule has 2 aliphatic heterocycles. The summed E-state index contributed by atoms with van der Waals surface area (Å²) in [5, 5.41) is 4.09. The SMILES string of the molecule is O=c1n(Cc2c(F)cccc2F)cnn1-c1ccc(Oc2ccnc(N3CCC4(COC4)C3)c2)cc1. The summed E-state index contributed by atoms with van der Waals surface area (Å²) in [5.41, 5.74) is 0.0683. The van der Waals surface area contributed by atoms with Gasteiger partial charge in [0.1, 0.15) is 35.3 Å². The highest BCUT2D eigenvalue weighted by molar-refractivity contribution is 5.47. The van der Waals surface area contributed by atoms with Crippen LogP contribution in [0.1, 0.15) is 12.0 Å². The Morgan fingerprint density at radius 2 is 1.81 bits per heavy atom. The van der Waals surface area contributed by atoms with Crippen LogP contribution >= 0.6 is 0 Å². The predicted molar refractivity (Wildman–Crippen MR) is 128 cm³/mol. The normalized spacial score (nSPS) is 16.3. The van der Waals surface area contributed by atoms with Gasteiger partial charge >= 0.3 is 5.69 Å². The third kappa shape index (κ3) is 4.13. The van der Waals surface area contributed by atoms with Gasteiger partial charge in [-0.25, -0.2) is 18.6 Å². The van der Waals surface area contributed by atoms with Crippen LogP contribution in [-0.4, -0.2) is 45.6 Å². The molecule has 2 aliphatic rings. The Hall–Kier alpha value is -4.05. The minimum atomic E-state index is -0.711. The van der Waals surface area contributed by atoms with E-state index in [-0.39, 0.29) is 17.5 Å². The monoisotopic (exact) mass is 491 g/mol. The van der Waals surface area contributed by atoms with Gasteiger partial charge in [-0.15, -0.1) is 0 Å². The smallest absolute Gasteiger partial charge is 0.350 e. The second-order valence-corrected chi connectivity index (χ2v) is 9.26. The van der Waals surface area contributed by atoms with Gasteiger partial charge in [0.25, 0.3) is 0 Å². The van der Waals surface area contributed by atoms with Gasteiger partial charge < -0.3 is 14.4 Å². The lowest BCUT2D eigenvalue weighted by atomic mass is 9.85. The summed E-state index contributed by atoms with van der Waals surface area (Å²) in [5.74, 6) is 0.693. The Bertz CT molecular complexity index is 1440. The predicted octanol–water partition coefficient (Wildman–Crippen LogP) is 3.77. The van der Waals surface area contributed by atoms with E-state index in [0.29, 0.717) is 17.2 Å². The van der Waals surface area contributed by atoms with Crippen molar-refractivity contribution in [3.63, 3.8) is 0 Å². The number of hydrogen-bond acceptors (Lipinski definition) is 6. The third-order valence-electron chi connectivity index (χ3n) is 6.74. The quantitative estimate of drug-likeness (QED) is 0.409. The van der Waals surface area contributed by atoms with Crippen molar-refractivity contribution >= 4 is 5.82 Å². The van der Waals surface area contributed by atoms with Gasteiger partial charge in [-0.2, -0.15) is 9.78 Å². The molecule has 0 bridgehead atoms. The number of halogens is 2. The lowest BCUT2D eigenvalue weighted by molar-refractivity contribution is -0.0985. The van der Waals surface area contributed by atoms with Crippen molar-refractivity contribution in [1.82, 2.24) is 19.3 Å². The number of benzene rings is 2. The van der Waals surface area contributed by atoms with E-state index in [1.54, 1.807) is 36.5 Å². The number of anilines is 1. The van der Waals surface area contributed by atoms with Gasteiger partial charge in [0.15, 0.2) is 0 Å². The molecule has 10 heteroatoms. The molecule has 0 unspecified atom stereocenters. The molecule has 2 saturated heterocycles. The maximum atomic E-state index is 14.0. The second-order valence-electron chi connectivity index (χ2n) is 9.26. The van der Waals surface area contributed by atoms with E-state index in [1.165, 1.54) is 17.1 Å². The van der Waals surface area contributed by atoms with Gasteiger partial charge in [0.05, 0.1) is 25.4 Å². The van der Waals surface area contributed by atoms with E-state index in [9.17, 15) is 13.6 Å². The number of aromatic nitrogens is 4. The Balaban J connectivity index is 1.16.